The monoisotopic (exact) mass is 1540 g/mol. The van der Waals surface area contributed by atoms with Crippen molar-refractivity contribution in [3.8, 4) is 0 Å². The fraction of sp³-hybridized carbons (Fsp3) is 0.765. The Morgan fingerprint density at radius 2 is 0.439 bits per heavy atom. The van der Waals surface area contributed by atoms with Gasteiger partial charge in [0.05, 0.1) is 79.3 Å². The molecule has 5 atom stereocenters. The van der Waals surface area contributed by atoms with Gasteiger partial charge in [0.1, 0.15) is 56.6 Å². The molecule has 9 amide bonds. The van der Waals surface area contributed by atoms with E-state index in [2.05, 4.69) is 47.9 Å². The third-order valence-corrected chi connectivity index (χ3v) is 15.3. The maximum Gasteiger partial charge on any atom is 0.326 e. The number of carbonyl (C=O) groups excluding carboxylic acids is 10. The van der Waals surface area contributed by atoms with Crippen molar-refractivity contribution < 1.29 is 145 Å². The topological polar surface area (TPSA) is 577 Å². The number of carboxylic acid groups (broad SMARTS) is 6. The van der Waals surface area contributed by atoms with E-state index in [1.54, 1.807) is 0 Å². The fourth-order valence-corrected chi connectivity index (χ4v) is 9.56. The minimum atomic E-state index is -1.74. The van der Waals surface area contributed by atoms with E-state index < -0.39 is 152 Å². The van der Waals surface area contributed by atoms with Gasteiger partial charge in [-0.15, -0.1) is 0 Å². The number of hydrogen-bond acceptors (Lipinski definition) is 24. The molecule has 107 heavy (non-hydrogen) atoms. The standard InChI is InChI=1S/C68H115N9O30/c1-48(78)44-104-40-36-101-33-29-70-60(85)46-106-42-38-103-35-31-72-62(87)47-107-43-39-102-34-30-71-61(86)45-105-41-37-100-32-28-69-54(79)23-18-49(64(90)91)74-56(81)25-20-51(66(94)95)76-58(83)27-22-53(68(98)99)77-59(84)26-21-52(67(96)97)75-57(82)24-19-50(65(92)93)73-55(80)16-14-12-10-8-6-4-2-3-5-7-9-11-13-15-17-63(88)89/h49-53H,2-47H2,1H3,(H,69,79)(H,70,85)(H,71,86)(H,72,87)(H,73,80)(H,74,81)(H,75,82)(H,76,83)(H,77,84)(H,88,89)(H,90,91)(H,92,93)(H,94,95)(H,96,97)(H,98,99)/t49-,50-,51-,52-,53-/m0/s1. The molecule has 39 heteroatoms. The molecule has 0 bridgehead atoms. The molecule has 0 aliphatic heterocycles. The summed E-state index contributed by atoms with van der Waals surface area (Å²) in [5.41, 5.74) is 0. The third-order valence-electron chi connectivity index (χ3n) is 15.3. The van der Waals surface area contributed by atoms with Crippen molar-refractivity contribution in [3.63, 3.8) is 0 Å². The van der Waals surface area contributed by atoms with E-state index in [9.17, 15) is 102 Å². The first-order valence-electron chi connectivity index (χ1n) is 36.2. The Morgan fingerprint density at radius 1 is 0.234 bits per heavy atom. The Bertz CT molecular complexity index is 2660. The molecule has 0 saturated heterocycles. The lowest BCUT2D eigenvalue weighted by Gasteiger charge is -2.19. The summed E-state index contributed by atoms with van der Waals surface area (Å²) >= 11 is 0. The molecule has 15 N–H and O–H groups in total. The quantitative estimate of drug-likeness (QED) is 0.0333. The first kappa shape index (κ1) is 98.4. The van der Waals surface area contributed by atoms with E-state index in [1.165, 1.54) is 6.92 Å². The smallest absolute Gasteiger partial charge is 0.326 e. The molecule has 0 aliphatic rings. The first-order chi connectivity index (χ1) is 51.2. The number of unbranched alkanes of at least 4 members (excludes halogenated alkanes) is 13. The summed E-state index contributed by atoms with van der Waals surface area (Å²) < 4.78 is 42.2. The molecule has 0 saturated carbocycles. The molecule has 0 aliphatic carbocycles. The van der Waals surface area contributed by atoms with E-state index >= 15 is 0 Å². The van der Waals surface area contributed by atoms with Crippen LogP contribution in [0.25, 0.3) is 0 Å². The van der Waals surface area contributed by atoms with Gasteiger partial charge in [0, 0.05) is 71.1 Å². The molecule has 0 aromatic carbocycles. The third kappa shape index (κ3) is 62.2. The number of carbonyl (C=O) groups is 16. The van der Waals surface area contributed by atoms with E-state index in [1.807, 2.05) is 0 Å². The summed E-state index contributed by atoms with van der Waals surface area (Å²) in [5.74, 6) is -14.7. The van der Waals surface area contributed by atoms with Crippen molar-refractivity contribution >= 4 is 94.8 Å². The Kier molecular flexibility index (Phi) is 60.4. The number of carboxylic acids is 6. The number of ketones is 1. The molecule has 0 aromatic rings. The lowest BCUT2D eigenvalue weighted by molar-refractivity contribution is -0.144. The summed E-state index contributed by atoms with van der Waals surface area (Å²) in [4.78, 5) is 193. The van der Waals surface area contributed by atoms with Gasteiger partial charge in [-0.3, -0.25) is 52.7 Å². The predicted octanol–water partition coefficient (Wildman–Crippen LogP) is -0.753. The first-order valence-corrected chi connectivity index (χ1v) is 36.2. The van der Waals surface area contributed by atoms with Crippen molar-refractivity contribution in [2.45, 2.75) is 204 Å². The van der Waals surface area contributed by atoms with Gasteiger partial charge in [0.15, 0.2) is 5.78 Å². The van der Waals surface area contributed by atoms with Crippen LogP contribution in [0.5, 0.6) is 0 Å². The van der Waals surface area contributed by atoms with E-state index in [0.29, 0.717) is 13.0 Å². The SMILES string of the molecule is CC(=O)COCCOCCNC(=O)COCCOCCNC(=O)COCCOCCNC(=O)COCCOCCNC(=O)CC[C@H](NC(=O)CC[C@H](NC(=O)CC[C@H](NC(=O)CC[C@H](NC(=O)CC[C@H](NC(=O)CCCCCCCCCCCCCCCCC(=O)O)C(=O)O)C(=O)O)C(=O)O)C(=O)O)C(=O)O. The molecule has 0 heterocycles. The van der Waals surface area contributed by atoms with Gasteiger partial charge >= 0.3 is 35.8 Å². The molecule has 0 aromatic heterocycles. The lowest BCUT2D eigenvalue weighted by Crippen LogP contribution is -2.46. The number of amides is 9. The minimum absolute atomic E-state index is 0.0103. The molecule has 0 unspecified atom stereocenters. The second-order valence-electron chi connectivity index (χ2n) is 24.6. The molecular formula is C68H115N9O30. The van der Waals surface area contributed by atoms with Crippen LogP contribution in [0.2, 0.25) is 0 Å². The van der Waals surface area contributed by atoms with Gasteiger partial charge in [-0.1, -0.05) is 77.0 Å². The van der Waals surface area contributed by atoms with Crippen molar-refractivity contribution in [1.82, 2.24) is 47.9 Å². The van der Waals surface area contributed by atoms with Gasteiger partial charge < -0.3 is 116 Å². The van der Waals surface area contributed by atoms with Crippen molar-refractivity contribution in [2.75, 3.05) is 132 Å². The van der Waals surface area contributed by atoms with Crippen LogP contribution < -0.4 is 47.9 Å². The number of rotatable bonds is 74. The summed E-state index contributed by atoms with van der Waals surface area (Å²) in [6.45, 7) is 3.49. The molecule has 0 fully saturated rings. The molecule has 0 rings (SSSR count). The maximum atomic E-state index is 12.8. The highest BCUT2D eigenvalue weighted by Crippen LogP contribution is 2.15. The Morgan fingerprint density at radius 3 is 0.682 bits per heavy atom. The van der Waals surface area contributed by atoms with Crippen LogP contribution in [0.15, 0.2) is 0 Å². The van der Waals surface area contributed by atoms with Gasteiger partial charge in [0.25, 0.3) is 0 Å². The van der Waals surface area contributed by atoms with E-state index in [-0.39, 0.29) is 175 Å². The van der Waals surface area contributed by atoms with E-state index in [4.69, 9.17) is 43.0 Å². The molecule has 39 nitrogen and oxygen atoms in total. The largest absolute Gasteiger partial charge is 0.481 e. The highest BCUT2D eigenvalue weighted by atomic mass is 16.5. The van der Waals surface area contributed by atoms with Crippen LogP contribution in [0.4, 0.5) is 0 Å². The average molecular weight is 1540 g/mol. The predicted molar refractivity (Wildman–Crippen MR) is 375 cm³/mol. The Labute approximate surface area is 621 Å². The Balaban J connectivity index is 4.34. The van der Waals surface area contributed by atoms with Gasteiger partial charge in [-0.05, 0) is 51.9 Å². The molecule has 0 spiro atoms. The van der Waals surface area contributed by atoms with Crippen molar-refractivity contribution in [3.05, 3.63) is 0 Å². The highest BCUT2D eigenvalue weighted by molar-refractivity contribution is 5.89. The van der Waals surface area contributed by atoms with E-state index in [0.717, 1.165) is 83.5 Å². The van der Waals surface area contributed by atoms with Crippen LogP contribution in [0.1, 0.15) is 174 Å². The summed E-state index contributed by atoms with van der Waals surface area (Å²) in [6.07, 6.45) is 8.76. The Hall–Kier alpha value is -8.60. The number of aliphatic carboxylic acids is 6. The van der Waals surface area contributed by atoms with Gasteiger partial charge in [-0.25, -0.2) is 24.0 Å². The van der Waals surface area contributed by atoms with Gasteiger partial charge in [-0.2, -0.15) is 0 Å². The van der Waals surface area contributed by atoms with Gasteiger partial charge in [0.2, 0.25) is 53.2 Å². The molecular weight excluding hydrogens is 1420 g/mol. The number of Topliss-reactive ketones (excluding diaryl/α,β-unsaturated/α-hetero) is 1. The number of hydrogen-bond donors (Lipinski definition) is 15. The second-order valence-corrected chi connectivity index (χ2v) is 24.6. The second kappa shape index (κ2) is 65.7. The van der Waals surface area contributed by atoms with Crippen molar-refractivity contribution in [1.29, 1.82) is 0 Å². The normalized spacial score (nSPS) is 12.4. The zero-order chi connectivity index (χ0) is 79.7. The number of ether oxygens (including phenoxy) is 8. The van der Waals surface area contributed by atoms with Crippen LogP contribution in [0.3, 0.4) is 0 Å². The summed E-state index contributed by atoms with van der Waals surface area (Å²) in [5, 5.41) is 78.5. The number of nitrogens with one attached hydrogen (secondary N) is 9. The average Bonchev–Trinajstić information content (AvgIpc) is 0.911. The van der Waals surface area contributed by atoms with Crippen LogP contribution in [-0.4, -0.2) is 288 Å². The maximum absolute atomic E-state index is 12.8. The lowest BCUT2D eigenvalue weighted by atomic mass is 10.0. The molecule has 0 radical (unpaired) electrons. The molecule has 612 valence electrons. The van der Waals surface area contributed by atoms with Crippen molar-refractivity contribution in [2.24, 2.45) is 0 Å². The summed E-state index contributed by atoms with van der Waals surface area (Å²) in [6, 6.07) is -8.18. The fourth-order valence-electron chi connectivity index (χ4n) is 9.56. The minimum Gasteiger partial charge on any atom is -0.481 e. The van der Waals surface area contributed by atoms with Crippen LogP contribution in [0, 0.1) is 0 Å². The van der Waals surface area contributed by atoms with Crippen LogP contribution in [-0.2, 0) is 115 Å². The highest BCUT2D eigenvalue weighted by Gasteiger charge is 2.29. The zero-order valence-corrected chi connectivity index (χ0v) is 61.4. The van der Waals surface area contributed by atoms with Crippen LogP contribution >= 0.6 is 0 Å². The zero-order valence-electron chi connectivity index (χ0n) is 61.4. The summed E-state index contributed by atoms with van der Waals surface area (Å²) in [7, 11) is 0.